The lowest BCUT2D eigenvalue weighted by Gasteiger charge is -2.10. The number of carbonyl (C=O) groups is 2. The van der Waals surface area contributed by atoms with E-state index in [2.05, 4.69) is 15.5 Å². The number of aryl methyl sites for hydroxylation is 1. The number of para-hydroxylation sites is 1. The fourth-order valence-corrected chi connectivity index (χ4v) is 2.44. The van der Waals surface area contributed by atoms with Crippen molar-refractivity contribution in [2.24, 2.45) is 0 Å². The van der Waals surface area contributed by atoms with Crippen molar-refractivity contribution in [3.8, 4) is 5.75 Å². The molecule has 0 aliphatic heterocycles. The zero-order valence-electron chi connectivity index (χ0n) is 14.4. The molecule has 0 bridgehead atoms. The van der Waals surface area contributed by atoms with Crippen molar-refractivity contribution in [2.45, 2.75) is 13.3 Å². The molecule has 0 aliphatic rings. The predicted molar refractivity (Wildman–Crippen MR) is 94.2 cm³/mol. The molecular weight excluding hydrogens is 334 g/mol. The van der Waals surface area contributed by atoms with Crippen LogP contribution in [-0.2, 0) is 11.2 Å². The topological polar surface area (TPSA) is 94.3 Å². The highest BCUT2D eigenvalue weighted by Crippen LogP contribution is 2.21. The molecule has 0 aliphatic carbocycles. The molecule has 7 nitrogen and oxygen atoms in total. The number of hydrogen-bond acceptors (Lipinski definition) is 6. The Morgan fingerprint density at radius 1 is 1.12 bits per heavy atom. The average molecular weight is 351 g/mol. The zero-order valence-corrected chi connectivity index (χ0v) is 14.4. The Labute approximate surface area is 150 Å². The van der Waals surface area contributed by atoms with Crippen LogP contribution in [0.3, 0.4) is 0 Å². The maximum absolute atomic E-state index is 12.8. The van der Waals surface area contributed by atoms with Gasteiger partial charge in [0.1, 0.15) is 5.75 Å². The summed E-state index contributed by atoms with van der Waals surface area (Å²) in [6.07, 6.45) is -0.0393. The standard InChI is InChI=1S/C19H17N3O4/c1-12-20-17(22-26-12)11-18(23)21-16-6-4-3-5-15(16)19(24)13-7-9-14(25-2)10-8-13/h3-10H,11H2,1-2H3,(H,21,23). The Kier molecular flexibility index (Phi) is 5.07. The molecule has 0 saturated heterocycles. The predicted octanol–water partition coefficient (Wildman–Crippen LogP) is 2.80. The van der Waals surface area contributed by atoms with E-state index in [1.807, 2.05) is 0 Å². The Morgan fingerprint density at radius 2 is 1.85 bits per heavy atom. The van der Waals surface area contributed by atoms with Crippen LogP contribution in [0.2, 0.25) is 0 Å². The number of benzene rings is 2. The van der Waals surface area contributed by atoms with Gasteiger partial charge in [-0.25, -0.2) is 0 Å². The molecule has 1 heterocycles. The lowest BCUT2D eigenvalue weighted by molar-refractivity contribution is -0.115. The molecular formula is C19H17N3O4. The van der Waals surface area contributed by atoms with Gasteiger partial charge in [-0.3, -0.25) is 9.59 Å². The van der Waals surface area contributed by atoms with Crippen LogP contribution in [0.5, 0.6) is 5.75 Å². The summed E-state index contributed by atoms with van der Waals surface area (Å²) < 4.78 is 9.95. The third-order valence-electron chi connectivity index (χ3n) is 3.69. The summed E-state index contributed by atoms with van der Waals surface area (Å²) >= 11 is 0. The van der Waals surface area contributed by atoms with Crippen LogP contribution >= 0.6 is 0 Å². The number of ketones is 1. The smallest absolute Gasteiger partial charge is 0.232 e. The van der Waals surface area contributed by atoms with Gasteiger partial charge in [-0.2, -0.15) is 4.98 Å². The summed E-state index contributed by atoms with van der Waals surface area (Å²) in [5.41, 5.74) is 1.33. The van der Waals surface area contributed by atoms with E-state index in [1.165, 1.54) is 0 Å². The Morgan fingerprint density at radius 3 is 2.50 bits per heavy atom. The average Bonchev–Trinajstić information content (AvgIpc) is 3.06. The third kappa shape index (κ3) is 3.94. The number of nitrogens with one attached hydrogen (secondary N) is 1. The molecule has 3 rings (SSSR count). The minimum atomic E-state index is -0.333. The number of anilines is 1. The largest absolute Gasteiger partial charge is 0.497 e. The molecule has 2 aromatic carbocycles. The first-order valence-electron chi connectivity index (χ1n) is 7.93. The summed E-state index contributed by atoms with van der Waals surface area (Å²) in [7, 11) is 1.56. The lowest BCUT2D eigenvalue weighted by Crippen LogP contribution is -2.17. The molecule has 132 valence electrons. The van der Waals surface area contributed by atoms with Gasteiger partial charge in [0.2, 0.25) is 11.8 Å². The third-order valence-corrected chi connectivity index (χ3v) is 3.69. The monoisotopic (exact) mass is 351 g/mol. The van der Waals surface area contributed by atoms with Crippen molar-refractivity contribution < 1.29 is 18.8 Å². The number of rotatable bonds is 6. The number of carbonyl (C=O) groups excluding carboxylic acids is 2. The summed E-state index contributed by atoms with van der Waals surface area (Å²) in [6.45, 7) is 1.65. The molecule has 0 radical (unpaired) electrons. The first-order valence-corrected chi connectivity index (χ1v) is 7.93. The Hall–Kier alpha value is -3.48. The molecule has 7 heteroatoms. The number of aromatic nitrogens is 2. The second-order valence-corrected chi connectivity index (χ2v) is 5.56. The van der Waals surface area contributed by atoms with Gasteiger partial charge < -0.3 is 14.6 Å². The molecule has 0 spiro atoms. The van der Waals surface area contributed by atoms with Gasteiger partial charge >= 0.3 is 0 Å². The van der Waals surface area contributed by atoms with Crippen molar-refractivity contribution >= 4 is 17.4 Å². The summed E-state index contributed by atoms with van der Waals surface area (Å²) in [5, 5.41) is 6.43. The van der Waals surface area contributed by atoms with Crippen LogP contribution in [0.25, 0.3) is 0 Å². The molecule has 0 saturated carbocycles. The van der Waals surface area contributed by atoms with Gasteiger partial charge in [-0.1, -0.05) is 17.3 Å². The second-order valence-electron chi connectivity index (χ2n) is 5.56. The van der Waals surface area contributed by atoms with Crippen molar-refractivity contribution in [1.82, 2.24) is 10.1 Å². The summed E-state index contributed by atoms with van der Waals surface area (Å²) in [5.74, 6) is 0.820. The van der Waals surface area contributed by atoms with Crippen LogP contribution < -0.4 is 10.1 Å². The molecule has 3 aromatic rings. The molecule has 1 N–H and O–H groups in total. The molecule has 26 heavy (non-hydrogen) atoms. The van der Waals surface area contributed by atoms with Gasteiger partial charge in [0, 0.05) is 18.1 Å². The zero-order chi connectivity index (χ0) is 18.5. The lowest BCUT2D eigenvalue weighted by atomic mass is 10.0. The molecule has 0 unspecified atom stereocenters. The first-order chi connectivity index (χ1) is 12.6. The van der Waals surface area contributed by atoms with Crippen LogP contribution in [0.1, 0.15) is 27.6 Å². The molecule has 0 fully saturated rings. The van der Waals surface area contributed by atoms with Gasteiger partial charge in [-0.15, -0.1) is 0 Å². The second kappa shape index (κ2) is 7.60. The number of ether oxygens (including phenoxy) is 1. The molecule has 1 aromatic heterocycles. The fraction of sp³-hybridized carbons (Fsp3) is 0.158. The van der Waals surface area contributed by atoms with Gasteiger partial charge in [-0.05, 0) is 36.4 Å². The van der Waals surface area contributed by atoms with Crippen molar-refractivity contribution in [3.63, 3.8) is 0 Å². The SMILES string of the molecule is COc1ccc(C(=O)c2ccccc2NC(=O)Cc2noc(C)n2)cc1. The van der Waals surface area contributed by atoms with Crippen LogP contribution in [0.4, 0.5) is 5.69 Å². The maximum atomic E-state index is 12.8. The minimum absolute atomic E-state index is 0.0393. The molecule has 1 amide bonds. The van der Waals surface area contributed by atoms with Crippen molar-refractivity contribution in [1.29, 1.82) is 0 Å². The van der Waals surface area contributed by atoms with E-state index in [9.17, 15) is 9.59 Å². The van der Waals surface area contributed by atoms with E-state index in [0.717, 1.165) is 0 Å². The van der Waals surface area contributed by atoms with E-state index in [-0.39, 0.29) is 18.1 Å². The first kappa shape index (κ1) is 17.3. The number of nitrogens with zero attached hydrogens (tertiary/aromatic N) is 2. The number of hydrogen-bond donors (Lipinski definition) is 1. The van der Waals surface area contributed by atoms with Crippen LogP contribution in [0.15, 0.2) is 53.1 Å². The van der Waals surface area contributed by atoms with E-state index in [1.54, 1.807) is 62.6 Å². The van der Waals surface area contributed by atoms with Gasteiger partial charge in [0.15, 0.2) is 11.6 Å². The minimum Gasteiger partial charge on any atom is -0.497 e. The number of amides is 1. The molecule has 0 atom stereocenters. The van der Waals surface area contributed by atoms with E-state index in [0.29, 0.717) is 34.3 Å². The summed E-state index contributed by atoms with van der Waals surface area (Å²) in [4.78, 5) is 29.0. The van der Waals surface area contributed by atoms with E-state index >= 15 is 0 Å². The highest BCUT2D eigenvalue weighted by atomic mass is 16.5. The highest BCUT2D eigenvalue weighted by molar-refractivity contribution is 6.13. The summed E-state index contributed by atoms with van der Waals surface area (Å²) in [6, 6.07) is 13.6. The van der Waals surface area contributed by atoms with Crippen molar-refractivity contribution in [3.05, 3.63) is 71.4 Å². The normalized spacial score (nSPS) is 10.4. The quantitative estimate of drug-likeness (QED) is 0.686. The van der Waals surface area contributed by atoms with E-state index < -0.39 is 0 Å². The van der Waals surface area contributed by atoms with E-state index in [4.69, 9.17) is 9.26 Å². The van der Waals surface area contributed by atoms with Crippen molar-refractivity contribution in [2.75, 3.05) is 12.4 Å². The van der Waals surface area contributed by atoms with Crippen LogP contribution in [-0.4, -0.2) is 28.9 Å². The Balaban J connectivity index is 1.78. The maximum Gasteiger partial charge on any atom is 0.232 e. The highest BCUT2D eigenvalue weighted by Gasteiger charge is 2.16. The Bertz CT molecular complexity index is 932. The van der Waals surface area contributed by atoms with Gasteiger partial charge in [0.25, 0.3) is 0 Å². The van der Waals surface area contributed by atoms with Gasteiger partial charge in [0.05, 0.1) is 19.2 Å². The number of methoxy groups -OCH3 is 1. The fourth-order valence-electron chi connectivity index (χ4n) is 2.44. The van der Waals surface area contributed by atoms with Crippen LogP contribution in [0, 0.1) is 6.92 Å².